The molecule has 2 aliphatic heterocycles. The lowest BCUT2D eigenvalue weighted by Gasteiger charge is -2.49. The second-order valence-corrected chi connectivity index (χ2v) is 10.7. The molecule has 1 N–H and O–H groups in total. The van der Waals surface area contributed by atoms with Crippen molar-refractivity contribution in [3.63, 3.8) is 0 Å². The molecule has 1 saturated heterocycles. The molecule has 4 rings (SSSR count). The fraction of sp³-hybridized carbons (Fsp3) is 0.276. The van der Waals surface area contributed by atoms with Crippen LogP contribution in [0.15, 0.2) is 83.4 Å². The van der Waals surface area contributed by atoms with E-state index in [4.69, 9.17) is 14.2 Å². The van der Waals surface area contributed by atoms with Gasteiger partial charge in [0.1, 0.15) is 30.3 Å². The molecule has 12 heteroatoms. The minimum Gasteiger partial charge on any atom is -0.465 e. The van der Waals surface area contributed by atoms with Crippen LogP contribution in [0.1, 0.15) is 37.5 Å². The predicted octanol–water partition coefficient (Wildman–Crippen LogP) is 2.02. The lowest BCUT2D eigenvalue weighted by atomic mass is 10.00. The van der Waals surface area contributed by atoms with Crippen LogP contribution in [-0.2, 0) is 49.0 Å². The second kappa shape index (κ2) is 12.7. The van der Waals surface area contributed by atoms with E-state index < -0.39 is 64.6 Å². The van der Waals surface area contributed by atoms with Gasteiger partial charge in [0.25, 0.3) is 5.91 Å². The summed E-state index contributed by atoms with van der Waals surface area (Å²) in [5, 5.41) is 1.34. The molecule has 214 valence electrons. The average molecular weight is 581 g/mol. The van der Waals surface area contributed by atoms with E-state index in [-0.39, 0.29) is 29.2 Å². The number of carbonyl (C=O) groups excluding carboxylic acids is 5. The van der Waals surface area contributed by atoms with Crippen molar-refractivity contribution < 1.29 is 42.4 Å². The third-order valence-corrected chi connectivity index (χ3v) is 8.02. The van der Waals surface area contributed by atoms with Gasteiger partial charge in [0.2, 0.25) is 5.91 Å². The van der Waals surface area contributed by atoms with Crippen molar-refractivity contribution in [2.24, 2.45) is 0 Å². The maximum absolute atomic E-state index is 13.8. The van der Waals surface area contributed by atoms with E-state index in [1.807, 2.05) is 12.1 Å². The van der Waals surface area contributed by atoms with Gasteiger partial charge >= 0.3 is 17.9 Å². The van der Waals surface area contributed by atoms with Crippen molar-refractivity contribution in [1.82, 2.24) is 10.2 Å². The van der Waals surface area contributed by atoms with Crippen LogP contribution in [0.4, 0.5) is 0 Å². The molecular weight excluding hydrogens is 552 g/mol. The Morgan fingerprint density at radius 1 is 0.951 bits per heavy atom. The molecule has 0 aliphatic carbocycles. The van der Waals surface area contributed by atoms with Crippen molar-refractivity contribution >= 4 is 40.5 Å². The summed E-state index contributed by atoms with van der Waals surface area (Å²) in [5.74, 6) is -3.48. The molecule has 1 fully saturated rings. The zero-order valence-electron chi connectivity index (χ0n) is 22.4. The Bertz CT molecular complexity index is 1400. The number of rotatable bonds is 10. The number of hydrogen-bond donors (Lipinski definition) is 1. The molecule has 2 aromatic rings. The van der Waals surface area contributed by atoms with Crippen molar-refractivity contribution in [1.29, 1.82) is 0 Å². The van der Waals surface area contributed by atoms with Crippen molar-refractivity contribution in [3.8, 4) is 0 Å². The number of esters is 3. The fourth-order valence-corrected chi connectivity index (χ4v) is 5.95. The van der Waals surface area contributed by atoms with Crippen LogP contribution in [0.5, 0.6) is 0 Å². The molecular formula is C29H28N2O9S. The van der Waals surface area contributed by atoms with Gasteiger partial charge in [-0.2, -0.15) is 0 Å². The molecule has 0 radical (unpaired) electrons. The monoisotopic (exact) mass is 580 g/mol. The van der Waals surface area contributed by atoms with Crippen LogP contribution in [0.25, 0.3) is 0 Å². The van der Waals surface area contributed by atoms with Gasteiger partial charge < -0.3 is 19.5 Å². The van der Waals surface area contributed by atoms with Gasteiger partial charge in [-0.15, -0.1) is 0 Å². The Labute approximate surface area is 238 Å². The number of carbonyl (C=O) groups is 5. The van der Waals surface area contributed by atoms with E-state index in [9.17, 15) is 28.2 Å². The highest BCUT2D eigenvalue weighted by Gasteiger charge is 2.58. The number of nitrogens with one attached hydrogen (secondary N) is 1. The molecule has 11 nitrogen and oxygen atoms in total. The van der Waals surface area contributed by atoms with E-state index in [2.05, 4.69) is 11.9 Å². The first-order chi connectivity index (χ1) is 19.6. The van der Waals surface area contributed by atoms with Gasteiger partial charge in [0.15, 0.2) is 6.10 Å². The Balaban J connectivity index is 1.66. The van der Waals surface area contributed by atoms with Gasteiger partial charge in [-0.1, -0.05) is 67.2 Å². The maximum atomic E-state index is 13.8. The summed E-state index contributed by atoms with van der Waals surface area (Å²) >= 11 is 0. The number of β-lactam (4-membered cyclic amide) rings is 1. The fourth-order valence-electron chi connectivity index (χ4n) is 4.42. The van der Waals surface area contributed by atoms with Crippen LogP contribution in [0.3, 0.4) is 0 Å². The highest BCUT2D eigenvalue weighted by Crippen LogP contribution is 2.41. The zero-order valence-corrected chi connectivity index (χ0v) is 23.2. The number of hydrogen-bond acceptors (Lipinski definition) is 9. The van der Waals surface area contributed by atoms with E-state index in [0.717, 1.165) is 4.90 Å². The second-order valence-electron chi connectivity index (χ2n) is 9.17. The Kier molecular flexibility index (Phi) is 9.13. The number of fused-ring (bicyclic) bond motifs is 1. The summed E-state index contributed by atoms with van der Waals surface area (Å²) in [6.07, 6.45) is -1.08. The molecule has 0 spiro atoms. The quantitative estimate of drug-likeness (QED) is 0.253. The summed E-state index contributed by atoms with van der Waals surface area (Å²) in [6, 6.07) is 16.7. The molecule has 2 aliphatic rings. The lowest BCUT2D eigenvalue weighted by Crippen LogP contribution is -2.73. The van der Waals surface area contributed by atoms with E-state index in [1.54, 1.807) is 48.5 Å². The van der Waals surface area contributed by atoms with E-state index in [1.165, 1.54) is 13.8 Å². The molecule has 0 bridgehead atoms. The minimum atomic E-state index is -1.97. The van der Waals surface area contributed by atoms with E-state index in [0.29, 0.717) is 11.1 Å². The van der Waals surface area contributed by atoms with Gasteiger partial charge in [0, 0.05) is 24.3 Å². The molecule has 2 amide bonds. The van der Waals surface area contributed by atoms with E-state index >= 15 is 0 Å². The van der Waals surface area contributed by atoms with Gasteiger partial charge in [-0.3, -0.25) is 28.3 Å². The largest absolute Gasteiger partial charge is 0.465 e. The Morgan fingerprint density at radius 3 is 2.05 bits per heavy atom. The van der Waals surface area contributed by atoms with Crippen LogP contribution in [-0.4, -0.2) is 63.5 Å². The SMILES string of the molecule is C=C1C(COC(C)=O)=C(C(=O)OC(c2ccccc2)c2ccccc2)N2C(=O)[C@@H](NC(=O)CCOC(C)=O)[C@H]2S1=O. The molecule has 3 atom stereocenters. The number of benzene rings is 2. The smallest absolute Gasteiger partial charge is 0.356 e. The molecule has 0 aromatic heterocycles. The Hall–Kier alpha value is -4.58. The lowest BCUT2D eigenvalue weighted by molar-refractivity contribution is -0.155. The normalized spacial score (nSPS) is 19.7. The summed E-state index contributed by atoms with van der Waals surface area (Å²) in [7, 11) is -1.97. The van der Waals surface area contributed by atoms with Gasteiger partial charge in [-0.05, 0) is 11.1 Å². The first kappa shape index (κ1) is 29.4. The van der Waals surface area contributed by atoms with Crippen molar-refractivity contribution in [2.45, 2.75) is 37.8 Å². The van der Waals surface area contributed by atoms with Gasteiger partial charge in [0.05, 0.1) is 17.2 Å². The van der Waals surface area contributed by atoms with Crippen molar-refractivity contribution in [3.05, 3.63) is 94.5 Å². The highest BCUT2D eigenvalue weighted by molar-refractivity contribution is 7.90. The number of ether oxygens (including phenoxy) is 3. The number of amides is 2. The molecule has 2 aromatic carbocycles. The minimum absolute atomic E-state index is 0.0207. The molecule has 41 heavy (non-hydrogen) atoms. The topological polar surface area (TPSA) is 145 Å². The van der Waals surface area contributed by atoms with Crippen LogP contribution in [0.2, 0.25) is 0 Å². The summed E-state index contributed by atoms with van der Waals surface area (Å²) in [5.41, 5.74) is 1.04. The average Bonchev–Trinajstić information content (AvgIpc) is 2.95. The standard InChI is InChI=1S/C29H28N2O9S/c1-17-22(16-39-19(3)33)25(29(36)40-26(20-10-6-4-7-11-20)21-12-8-5-9-13-21)31-27(35)24(28(31)41(17)37)30-23(34)14-15-38-18(2)32/h4-13,24,26,28H,1,14-16H2,2-3H3,(H,30,34)/t24-,28-,41?/m1/s1. The van der Waals surface area contributed by atoms with Crippen molar-refractivity contribution in [2.75, 3.05) is 13.2 Å². The summed E-state index contributed by atoms with van der Waals surface area (Å²) in [6.45, 7) is 5.54. The Morgan fingerprint density at radius 2 is 1.51 bits per heavy atom. The molecule has 1 unspecified atom stereocenters. The first-order valence-corrected chi connectivity index (χ1v) is 13.8. The number of nitrogens with zero attached hydrogens (tertiary/aromatic N) is 1. The van der Waals surface area contributed by atoms with Gasteiger partial charge in [-0.25, -0.2) is 4.79 Å². The molecule has 0 saturated carbocycles. The van der Waals surface area contributed by atoms with Crippen LogP contribution < -0.4 is 5.32 Å². The van der Waals surface area contributed by atoms with Crippen LogP contribution in [0, 0.1) is 0 Å². The maximum Gasteiger partial charge on any atom is 0.356 e. The third kappa shape index (κ3) is 6.43. The third-order valence-electron chi connectivity index (χ3n) is 6.36. The summed E-state index contributed by atoms with van der Waals surface area (Å²) in [4.78, 5) is 63.1. The summed E-state index contributed by atoms with van der Waals surface area (Å²) < 4.78 is 29.2. The predicted molar refractivity (Wildman–Crippen MR) is 146 cm³/mol. The zero-order chi connectivity index (χ0) is 29.7. The first-order valence-electron chi connectivity index (χ1n) is 12.6. The highest BCUT2D eigenvalue weighted by atomic mass is 32.2. The van der Waals surface area contributed by atoms with Crippen LogP contribution >= 0.6 is 0 Å². The molecule has 2 heterocycles.